The Labute approximate surface area is 179 Å². The molecule has 1 aliphatic heterocycles. The number of nitrogens with two attached hydrogens (primary N) is 2. The van der Waals surface area contributed by atoms with Crippen molar-refractivity contribution in [1.29, 1.82) is 0 Å². The topological polar surface area (TPSA) is 97.1 Å². The van der Waals surface area contributed by atoms with E-state index in [-0.39, 0.29) is 17.8 Å². The van der Waals surface area contributed by atoms with Gasteiger partial charge in [0.15, 0.2) is 11.5 Å². The zero-order valence-electron chi connectivity index (χ0n) is 16.3. The van der Waals surface area contributed by atoms with Crippen LogP contribution in [0.5, 0.6) is 0 Å². The Morgan fingerprint density at radius 2 is 1.53 bits per heavy atom. The Morgan fingerprint density at radius 3 is 2.03 bits per heavy atom. The molecule has 4 N–H and O–H groups in total. The molecule has 0 aliphatic carbocycles. The molecule has 0 spiro atoms. The van der Waals surface area contributed by atoms with Crippen LogP contribution < -0.4 is 16.4 Å². The van der Waals surface area contributed by atoms with Crippen LogP contribution in [-0.2, 0) is 10.3 Å². The third kappa shape index (κ3) is 3.21. The zero-order chi connectivity index (χ0) is 21.3. The largest absolute Gasteiger partial charge is 0.370 e. The second-order valence-corrected chi connectivity index (χ2v) is 7.40. The van der Waals surface area contributed by atoms with Crippen molar-refractivity contribution in [3.63, 3.8) is 0 Å². The van der Waals surface area contributed by atoms with E-state index in [0.29, 0.717) is 10.7 Å². The molecular formula is C23H20ClN5O. The molecule has 0 unspecified atom stereocenters. The second-order valence-electron chi connectivity index (χ2n) is 6.96. The van der Waals surface area contributed by atoms with E-state index >= 15 is 0 Å². The Hall–Kier alpha value is -3.64. The molecule has 3 aromatic carbocycles. The normalized spacial score (nSPS) is 15.1. The average molecular weight is 418 g/mol. The highest BCUT2D eigenvalue weighted by atomic mass is 35.5. The molecule has 3 aromatic rings. The molecule has 4 rings (SSSR count). The van der Waals surface area contributed by atoms with Crippen molar-refractivity contribution in [1.82, 2.24) is 0 Å². The molecule has 1 aliphatic rings. The maximum absolute atomic E-state index is 14.1. The van der Waals surface area contributed by atoms with Crippen molar-refractivity contribution in [3.05, 3.63) is 101 Å². The summed E-state index contributed by atoms with van der Waals surface area (Å²) in [4.78, 5) is 24.5. The van der Waals surface area contributed by atoms with Gasteiger partial charge in [-0.25, -0.2) is 9.89 Å². The number of aliphatic imine (C=N–C) groups is 2. The molecule has 1 amide bonds. The first-order valence-electron chi connectivity index (χ1n) is 9.35. The highest BCUT2D eigenvalue weighted by molar-refractivity contribution is 6.31. The van der Waals surface area contributed by atoms with Crippen LogP contribution in [-0.4, -0.2) is 17.8 Å². The van der Waals surface area contributed by atoms with E-state index in [1.165, 1.54) is 4.90 Å². The Morgan fingerprint density at radius 1 is 0.967 bits per heavy atom. The number of anilines is 1. The standard InChI is InChI=1S/C23H20ClN5O/c1-15-14-18(24)12-13-19(15)29-20(30)23(16-8-4-2-5-9-16,17-10-6-3-7-11-17)28-22(29)27-21(25)26/h2-14H,1H3,(H4,25,26,27,28). The predicted octanol–water partition coefficient (Wildman–Crippen LogP) is 3.57. The number of amides is 1. The van der Waals surface area contributed by atoms with E-state index in [1.54, 1.807) is 18.2 Å². The molecule has 0 saturated heterocycles. The number of guanidine groups is 2. The number of hydrogen-bond acceptors (Lipinski definition) is 3. The molecule has 0 saturated carbocycles. The minimum Gasteiger partial charge on any atom is -0.370 e. The van der Waals surface area contributed by atoms with E-state index in [0.717, 1.165) is 16.7 Å². The first-order chi connectivity index (χ1) is 14.4. The number of halogens is 1. The fourth-order valence-corrected chi connectivity index (χ4v) is 3.91. The van der Waals surface area contributed by atoms with E-state index in [2.05, 4.69) is 4.99 Å². The molecular weight excluding hydrogens is 398 g/mol. The molecule has 0 bridgehead atoms. The van der Waals surface area contributed by atoms with Gasteiger partial charge in [0.2, 0.25) is 5.96 Å². The summed E-state index contributed by atoms with van der Waals surface area (Å²) in [6.45, 7) is 1.87. The molecule has 150 valence electrons. The molecule has 0 radical (unpaired) electrons. The fourth-order valence-electron chi connectivity index (χ4n) is 3.68. The smallest absolute Gasteiger partial charge is 0.271 e. The number of benzene rings is 3. The van der Waals surface area contributed by atoms with Crippen LogP contribution in [0.2, 0.25) is 5.02 Å². The van der Waals surface area contributed by atoms with Crippen molar-refractivity contribution in [3.8, 4) is 0 Å². The van der Waals surface area contributed by atoms with E-state index < -0.39 is 5.54 Å². The third-order valence-corrected chi connectivity index (χ3v) is 5.23. The predicted molar refractivity (Wildman–Crippen MR) is 121 cm³/mol. The van der Waals surface area contributed by atoms with Gasteiger partial charge >= 0.3 is 0 Å². The van der Waals surface area contributed by atoms with Crippen molar-refractivity contribution >= 4 is 35.1 Å². The van der Waals surface area contributed by atoms with Crippen molar-refractivity contribution in [2.45, 2.75) is 12.5 Å². The number of hydrogen-bond donors (Lipinski definition) is 2. The molecule has 6 nitrogen and oxygen atoms in total. The third-order valence-electron chi connectivity index (χ3n) is 4.99. The van der Waals surface area contributed by atoms with Gasteiger partial charge in [-0.1, -0.05) is 72.3 Å². The summed E-state index contributed by atoms with van der Waals surface area (Å²) in [6, 6.07) is 24.0. The molecule has 7 heteroatoms. The van der Waals surface area contributed by atoms with E-state index in [9.17, 15) is 4.79 Å². The van der Waals surface area contributed by atoms with Gasteiger partial charge in [-0.2, -0.15) is 4.99 Å². The van der Waals surface area contributed by atoms with Crippen LogP contribution in [0.1, 0.15) is 16.7 Å². The van der Waals surface area contributed by atoms with Crippen LogP contribution in [0.4, 0.5) is 5.69 Å². The van der Waals surface area contributed by atoms with Crippen LogP contribution in [0.3, 0.4) is 0 Å². The zero-order valence-corrected chi connectivity index (χ0v) is 17.0. The highest BCUT2D eigenvalue weighted by Crippen LogP contribution is 2.42. The molecule has 0 aromatic heterocycles. The van der Waals surface area contributed by atoms with Gasteiger partial charge in [-0.05, 0) is 41.8 Å². The fraction of sp³-hybridized carbons (Fsp3) is 0.0870. The maximum Gasteiger partial charge on any atom is 0.271 e. The number of aryl methyl sites for hydroxylation is 1. The van der Waals surface area contributed by atoms with Crippen LogP contribution in [0, 0.1) is 6.92 Å². The van der Waals surface area contributed by atoms with Crippen LogP contribution >= 0.6 is 11.6 Å². The van der Waals surface area contributed by atoms with Gasteiger partial charge in [0.05, 0.1) is 5.69 Å². The lowest BCUT2D eigenvalue weighted by atomic mass is 9.83. The number of rotatable bonds is 3. The quantitative estimate of drug-likeness (QED) is 0.503. The minimum atomic E-state index is -1.32. The molecule has 30 heavy (non-hydrogen) atoms. The van der Waals surface area contributed by atoms with Crippen molar-refractivity contribution in [2.75, 3.05) is 4.90 Å². The van der Waals surface area contributed by atoms with Gasteiger partial charge in [0, 0.05) is 5.02 Å². The van der Waals surface area contributed by atoms with Gasteiger partial charge < -0.3 is 11.5 Å². The van der Waals surface area contributed by atoms with Gasteiger partial charge in [0.1, 0.15) is 0 Å². The summed E-state index contributed by atoms with van der Waals surface area (Å²) >= 11 is 6.13. The lowest BCUT2D eigenvalue weighted by Gasteiger charge is -2.27. The second kappa shape index (κ2) is 7.65. The average Bonchev–Trinajstić information content (AvgIpc) is 3.02. The molecule has 0 fully saturated rings. The Kier molecular flexibility index (Phi) is 5.01. The van der Waals surface area contributed by atoms with Crippen molar-refractivity contribution < 1.29 is 4.79 Å². The Balaban J connectivity index is 2.01. The van der Waals surface area contributed by atoms with Gasteiger partial charge in [-0.3, -0.25) is 4.79 Å². The molecule has 0 atom stereocenters. The lowest BCUT2D eigenvalue weighted by Crippen LogP contribution is -2.42. The van der Waals surface area contributed by atoms with Crippen molar-refractivity contribution in [2.24, 2.45) is 21.5 Å². The summed E-state index contributed by atoms with van der Waals surface area (Å²) in [6.07, 6.45) is 0. The Bertz CT molecular complexity index is 1120. The summed E-state index contributed by atoms with van der Waals surface area (Å²) in [7, 11) is 0. The number of nitrogens with zero attached hydrogens (tertiary/aromatic N) is 3. The molecule has 1 heterocycles. The lowest BCUT2D eigenvalue weighted by molar-refractivity contribution is -0.120. The highest BCUT2D eigenvalue weighted by Gasteiger charge is 2.52. The number of carbonyl (C=O) groups is 1. The van der Waals surface area contributed by atoms with E-state index in [1.807, 2.05) is 67.6 Å². The van der Waals surface area contributed by atoms with Gasteiger partial charge in [0.25, 0.3) is 5.91 Å². The monoisotopic (exact) mass is 417 g/mol. The summed E-state index contributed by atoms with van der Waals surface area (Å²) in [5.74, 6) is -0.335. The first kappa shape index (κ1) is 19.7. The van der Waals surface area contributed by atoms with E-state index in [4.69, 9.17) is 28.1 Å². The number of carbonyl (C=O) groups excluding carboxylic acids is 1. The SMILES string of the molecule is Cc1cc(Cl)ccc1N1C(=O)C(c2ccccc2)(c2ccccc2)N=C1N=C(N)N. The maximum atomic E-state index is 14.1. The summed E-state index contributed by atoms with van der Waals surface area (Å²) < 4.78 is 0. The summed E-state index contributed by atoms with van der Waals surface area (Å²) in [5.41, 5.74) is 12.9. The van der Waals surface area contributed by atoms with Crippen LogP contribution in [0.25, 0.3) is 0 Å². The summed E-state index contributed by atoms with van der Waals surface area (Å²) in [5, 5.41) is 0.570. The first-order valence-corrected chi connectivity index (χ1v) is 9.72. The minimum absolute atomic E-state index is 0.123. The van der Waals surface area contributed by atoms with Crippen LogP contribution in [0.15, 0.2) is 88.8 Å². The van der Waals surface area contributed by atoms with Gasteiger partial charge in [-0.15, -0.1) is 0 Å².